The maximum Gasteiger partial charge on any atom is 0.273 e. The van der Waals surface area contributed by atoms with Crippen LogP contribution in [0.1, 0.15) is 67.0 Å². The minimum Gasteiger partial charge on any atom is -0.379 e. The van der Waals surface area contributed by atoms with Crippen LogP contribution < -0.4 is 10.6 Å². The molecule has 194 valence electrons. The second-order valence-electron chi connectivity index (χ2n) is 10.00. The Labute approximate surface area is 216 Å². The molecule has 3 heterocycles. The maximum absolute atomic E-state index is 13.4. The predicted octanol–water partition coefficient (Wildman–Crippen LogP) is 3.17. The van der Waals surface area contributed by atoms with E-state index in [4.69, 9.17) is 4.74 Å². The molecule has 8 nitrogen and oxygen atoms in total. The highest BCUT2D eigenvalue weighted by Crippen LogP contribution is 2.37. The van der Waals surface area contributed by atoms with Gasteiger partial charge in [0.2, 0.25) is 11.8 Å². The lowest BCUT2D eigenvalue weighted by atomic mass is 9.73. The molecule has 0 radical (unpaired) electrons. The number of nitrogens with one attached hydrogen (secondary N) is 2. The van der Waals surface area contributed by atoms with Crippen molar-refractivity contribution in [3.05, 3.63) is 52.0 Å². The van der Waals surface area contributed by atoms with Crippen LogP contribution >= 0.6 is 11.3 Å². The molecule has 0 bridgehead atoms. The normalized spacial score (nSPS) is 23.7. The molecule has 2 aliphatic rings. The molecule has 2 N–H and O–H groups in total. The van der Waals surface area contributed by atoms with Crippen LogP contribution in [0.5, 0.6) is 0 Å². The summed E-state index contributed by atoms with van der Waals surface area (Å²) in [5, 5.41) is 8.59. The van der Waals surface area contributed by atoms with Crippen LogP contribution in [0, 0.1) is 5.41 Å². The van der Waals surface area contributed by atoms with Crippen LogP contribution in [0.15, 0.2) is 35.7 Å². The highest BCUT2D eigenvalue weighted by molar-refractivity contribution is 7.09. The molecule has 2 fully saturated rings. The van der Waals surface area contributed by atoms with Crippen molar-refractivity contribution in [2.24, 2.45) is 5.41 Å². The number of amides is 3. The SMILES string of the molecule is C[C@@H]1NC(=O)C2(CCCCOC[C@H](C)NC1=O)CCN(C(=O)c1csc(Cc3ccccc3)n1)CC2. The van der Waals surface area contributed by atoms with Gasteiger partial charge < -0.3 is 20.3 Å². The quantitative estimate of drug-likeness (QED) is 0.658. The van der Waals surface area contributed by atoms with E-state index < -0.39 is 11.5 Å². The number of carbonyl (C=O) groups excluding carboxylic acids is 3. The average Bonchev–Trinajstić information content (AvgIpc) is 3.34. The smallest absolute Gasteiger partial charge is 0.273 e. The third kappa shape index (κ3) is 6.50. The lowest BCUT2D eigenvalue weighted by Gasteiger charge is -2.41. The number of aromatic nitrogens is 1. The summed E-state index contributed by atoms with van der Waals surface area (Å²) in [6.45, 7) is 5.65. The lowest BCUT2D eigenvalue weighted by Crippen LogP contribution is -2.55. The molecule has 9 heteroatoms. The van der Waals surface area contributed by atoms with Crippen molar-refractivity contribution in [1.29, 1.82) is 0 Å². The third-order valence-corrected chi connectivity index (χ3v) is 8.00. The van der Waals surface area contributed by atoms with Crippen molar-refractivity contribution < 1.29 is 19.1 Å². The minimum atomic E-state index is -0.629. The Balaban J connectivity index is 1.39. The van der Waals surface area contributed by atoms with Gasteiger partial charge in [0.05, 0.1) is 17.0 Å². The molecule has 0 unspecified atom stereocenters. The summed E-state index contributed by atoms with van der Waals surface area (Å²) in [6.07, 6.45) is 4.27. The number of hydrogen-bond donors (Lipinski definition) is 2. The number of rotatable bonds is 3. The van der Waals surface area contributed by atoms with E-state index >= 15 is 0 Å². The van der Waals surface area contributed by atoms with E-state index in [1.54, 1.807) is 6.92 Å². The first-order valence-electron chi connectivity index (χ1n) is 12.8. The van der Waals surface area contributed by atoms with Crippen molar-refractivity contribution in [3.63, 3.8) is 0 Å². The van der Waals surface area contributed by atoms with E-state index in [2.05, 4.69) is 27.8 Å². The highest BCUT2D eigenvalue weighted by atomic mass is 32.1. The Morgan fingerprint density at radius 1 is 1.11 bits per heavy atom. The zero-order valence-electron chi connectivity index (χ0n) is 21.1. The summed E-state index contributed by atoms with van der Waals surface area (Å²) in [6, 6.07) is 9.35. The highest BCUT2D eigenvalue weighted by Gasteiger charge is 2.43. The fourth-order valence-corrected chi connectivity index (χ4v) is 5.71. The first-order valence-corrected chi connectivity index (χ1v) is 13.7. The molecule has 2 aliphatic heterocycles. The Kier molecular flexibility index (Phi) is 8.74. The van der Waals surface area contributed by atoms with Crippen LogP contribution in [-0.4, -0.2) is 66.0 Å². The fraction of sp³-hybridized carbons (Fsp3) is 0.556. The second-order valence-corrected chi connectivity index (χ2v) is 10.9. The van der Waals surface area contributed by atoms with Gasteiger partial charge in [0.1, 0.15) is 11.7 Å². The van der Waals surface area contributed by atoms with Gasteiger partial charge in [-0.2, -0.15) is 0 Å². The Bertz CT molecular complexity index is 1050. The maximum atomic E-state index is 13.4. The van der Waals surface area contributed by atoms with Gasteiger partial charge in [0.25, 0.3) is 5.91 Å². The third-order valence-electron chi connectivity index (χ3n) is 7.15. The molecule has 2 aromatic rings. The molecule has 3 amide bonds. The number of carbonyl (C=O) groups is 3. The first kappa shape index (κ1) is 26.3. The van der Waals surface area contributed by atoms with E-state index in [0.29, 0.717) is 57.7 Å². The summed E-state index contributed by atoms with van der Waals surface area (Å²) in [5.41, 5.74) is 1.04. The van der Waals surface area contributed by atoms with Crippen molar-refractivity contribution >= 4 is 29.1 Å². The second kappa shape index (κ2) is 12.0. The standard InChI is InChI=1S/C27H36N4O4S/c1-19-17-35-15-7-6-10-27(26(34)29-20(2)24(32)28-19)11-13-31(14-12-27)25(33)22-18-36-23(30-22)16-21-8-4-3-5-9-21/h3-5,8-9,18-20H,6-7,10-17H2,1-2H3,(H,28,32)(H,29,34)/t19-,20-/m0/s1. The van der Waals surface area contributed by atoms with Gasteiger partial charge in [0, 0.05) is 37.5 Å². The van der Waals surface area contributed by atoms with E-state index in [1.807, 2.05) is 35.4 Å². The number of benzene rings is 1. The molecule has 1 aromatic carbocycles. The molecule has 1 spiro atoms. The zero-order valence-corrected chi connectivity index (χ0v) is 21.9. The van der Waals surface area contributed by atoms with Crippen molar-refractivity contribution in [1.82, 2.24) is 20.5 Å². The largest absolute Gasteiger partial charge is 0.379 e. The summed E-state index contributed by atoms with van der Waals surface area (Å²) in [5.74, 6) is -0.388. The van der Waals surface area contributed by atoms with Crippen molar-refractivity contribution in [2.45, 2.75) is 64.5 Å². The van der Waals surface area contributed by atoms with Gasteiger partial charge in [-0.15, -0.1) is 11.3 Å². The zero-order chi connectivity index (χ0) is 25.5. The predicted molar refractivity (Wildman–Crippen MR) is 139 cm³/mol. The Morgan fingerprint density at radius 3 is 2.61 bits per heavy atom. The number of piperidine rings is 1. The number of hydrogen-bond acceptors (Lipinski definition) is 6. The Morgan fingerprint density at radius 2 is 1.86 bits per heavy atom. The van der Waals surface area contributed by atoms with Gasteiger partial charge in [-0.3, -0.25) is 14.4 Å². The van der Waals surface area contributed by atoms with Gasteiger partial charge >= 0.3 is 0 Å². The van der Waals surface area contributed by atoms with Gasteiger partial charge in [-0.1, -0.05) is 36.8 Å². The van der Waals surface area contributed by atoms with Crippen LogP contribution in [0.2, 0.25) is 0 Å². The van der Waals surface area contributed by atoms with Crippen molar-refractivity contribution in [2.75, 3.05) is 26.3 Å². The van der Waals surface area contributed by atoms with Gasteiger partial charge in [0.15, 0.2) is 0 Å². The van der Waals surface area contributed by atoms with Gasteiger partial charge in [-0.05, 0) is 45.1 Å². The minimum absolute atomic E-state index is 0.0828. The van der Waals surface area contributed by atoms with E-state index in [0.717, 1.165) is 23.4 Å². The summed E-state index contributed by atoms with van der Waals surface area (Å²) >= 11 is 1.50. The molecule has 1 aromatic heterocycles. The summed E-state index contributed by atoms with van der Waals surface area (Å²) in [4.78, 5) is 45.5. The molecule has 2 atom stereocenters. The van der Waals surface area contributed by atoms with Crippen molar-refractivity contribution in [3.8, 4) is 0 Å². The summed E-state index contributed by atoms with van der Waals surface area (Å²) < 4.78 is 5.70. The van der Waals surface area contributed by atoms with E-state index in [-0.39, 0.29) is 23.8 Å². The van der Waals surface area contributed by atoms with Crippen LogP contribution in [-0.2, 0) is 20.7 Å². The molecule has 0 saturated carbocycles. The molecule has 2 saturated heterocycles. The number of thiazole rings is 1. The summed E-state index contributed by atoms with van der Waals surface area (Å²) in [7, 11) is 0. The van der Waals surface area contributed by atoms with Crippen LogP contribution in [0.25, 0.3) is 0 Å². The monoisotopic (exact) mass is 512 g/mol. The number of nitrogens with zero attached hydrogens (tertiary/aromatic N) is 2. The topological polar surface area (TPSA) is 101 Å². The van der Waals surface area contributed by atoms with E-state index in [9.17, 15) is 14.4 Å². The lowest BCUT2D eigenvalue weighted by molar-refractivity contribution is -0.137. The molecular weight excluding hydrogens is 476 g/mol. The number of ether oxygens (including phenoxy) is 1. The van der Waals surface area contributed by atoms with Crippen LogP contribution in [0.4, 0.5) is 0 Å². The molecule has 0 aliphatic carbocycles. The Hall–Kier alpha value is -2.78. The molecular formula is C27H36N4O4S. The van der Waals surface area contributed by atoms with Crippen LogP contribution in [0.3, 0.4) is 0 Å². The fourth-order valence-electron chi connectivity index (χ4n) is 4.90. The van der Waals surface area contributed by atoms with Gasteiger partial charge in [-0.25, -0.2) is 4.98 Å². The first-order chi connectivity index (χ1) is 17.4. The average molecular weight is 513 g/mol. The van der Waals surface area contributed by atoms with E-state index in [1.165, 1.54) is 11.3 Å². The molecule has 4 rings (SSSR count). The molecule has 36 heavy (non-hydrogen) atoms. The number of likely N-dealkylation sites (tertiary alicyclic amines) is 1.